The van der Waals surface area contributed by atoms with Crippen LogP contribution in [0.25, 0.3) is 0 Å². The molecule has 2 rings (SSSR count). The molecule has 108 valence electrons. The molecule has 1 saturated carbocycles. The Morgan fingerprint density at radius 3 is 2.79 bits per heavy atom. The van der Waals surface area contributed by atoms with Crippen molar-refractivity contribution in [1.29, 1.82) is 0 Å². The lowest BCUT2D eigenvalue weighted by atomic mass is 9.81. The highest BCUT2D eigenvalue weighted by Gasteiger charge is 2.31. The molecule has 1 aromatic heterocycles. The van der Waals surface area contributed by atoms with Crippen molar-refractivity contribution in [2.24, 2.45) is 11.8 Å². The molecule has 4 heteroatoms. The van der Waals surface area contributed by atoms with Gasteiger partial charge in [0.1, 0.15) is 5.76 Å². The summed E-state index contributed by atoms with van der Waals surface area (Å²) in [6, 6.07) is 4.03. The molecule has 0 aromatic carbocycles. The molecule has 0 saturated heterocycles. The van der Waals surface area contributed by atoms with E-state index in [-0.39, 0.29) is 12.1 Å². The van der Waals surface area contributed by atoms with Crippen LogP contribution in [0.4, 0.5) is 0 Å². The lowest BCUT2D eigenvalue weighted by Crippen LogP contribution is -2.50. The Hall–Kier alpha value is -0.840. The summed E-state index contributed by atoms with van der Waals surface area (Å²) in [6.07, 6.45) is 9.15. The number of rotatable bonds is 7. The molecular formula is C15H26N2O2. The molecule has 0 amide bonds. The zero-order chi connectivity index (χ0) is 13.5. The SMILES string of the molecule is CCOC(C1CCCCC1)C(Cc1ccco1)NN. The van der Waals surface area contributed by atoms with Gasteiger partial charge in [-0.25, -0.2) is 0 Å². The van der Waals surface area contributed by atoms with Crippen LogP contribution in [-0.2, 0) is 11.2 Å². The van der Waals surface area contributed by atoms with Crippen LogP contribution in [0.1, 0.15) is 44.8 Å². The van der Waals surface area contributed by atoms with Gasteiger partial charge in [0.15, 0.2) is 0 Å². The standard InChI is InChI=1S/C15H26N2O2/c1-2-18-15(12-7-4-3-5-8-12)14(17-16)11-13-9-6-10-19-13/h6,9-10,12,14-15,17H,2-5,7-8,11,16H2,1H3. The highest BCUT2D eigenvalue weighted by Crippen LogP contribution is 2.30. The van der Waals surface area contributed by atoms with E-state index in [9.17, 15) is 0 Å². The van der Waals surface area contributed by atoms with Crippen LogP contribution in [0.15, 0.2) is 22.8 Å². The maximum absolute atomic E-state index is 6.00. The molecule has 1 aliphatic rings. The van der Waals surface area contributed by atoms with Gasteiger partial charge in [0, 0.05) is 13.0 Å². The van der Waals surface area contributed by atoms with Crippen molar-refractivity contribution in [1.82, 2.24) is 5.43 Å². The van der Waals surface area contributed by atoms with Gasteiger partial charge in [0.25, 0.3) is 0 Å². The topological polar surface area (TPSA) is 60.4 Å². The van der Waals surface area contributed by atoms with Gasteiger partial charge in [0.05, 0.1) is 18.4 Å². The summed E-state index contributed by atoms with van der Waals surface area (Å²) in [4.78, 5) is 0. The number of nitrogens with two attached hydrogens (primary N) is 1. The third kappa shape index (κ3) is 4.06. The van der Waals surface area contributed by atoms with Gasteiger partial charge >= 0.3 is 0 Å². The summed E-state index contributed by atoms with van der Waals surface area (Å²) in [5.41, 5.74) is 2.94. The minimum Gasteiger partial charge on any atom is -0.469 e. The van der Waals surface area contributed by atoms with E-state index in [4.69, 9.17) is 15.0 Å². The average Bonchev–Trinajstić information content (AvgIpc) is 2.96. The molecule has 1 aromatic rings. The Labute approximate surface area is 115 Å². The molecule has 4 nitrogen and oxygen atoms in total. The van der Waals surface area contributed by atoms with Gasteiger partial charge in [-0.3, -0.25) is 11.3 Å². The zero-order valence-electron chi connectivity index (χ0n) is 11.8. The van der Waals surface area contributed by atoms with Crippen molar-refractivity contribution in [3.8, 4) is 0 Å². The average molecular weight is 266 g/mol. The van der Waals surface area contributed by atoms with Crippen LogP contribution in [0.3, 0.4) is 0 Å². The fourth-order valence-corrected chi connectivity index (χ4v) is 3.15. The smallest absolute Gasteiger partial charge is 0.105 e. The first-order valence-electron chi connectivity index (χ1n) is 7.45. The number of hydrogen-bond acceptors (Lipinski definition) is 4. The highest BCUT2D eigenvalue weighted by atomic mass is 16.5. The molecule has 0 radical (unpaired) electrons. The highest BCUT2D eigenvalue weighted by molar-refractivity contribution is 5.02. The molecule has 1 fully saturated rings. The van der Waals surface area contributed by atoms with Gasteiger partial charge in [0.2, 0.25) is 0 Å². The number of furan rings is 1. The Morgan fingerprint density at radius 1 is 1.42 bits per heavy atom. The molecule has 1 heterocycles. The Kier molecular flexibility index (Phi) is 5.89. The second-order valence-corrected chi connectivity index (χ2v) is 5.37. The lowest BCUT2D eigenvalue weighted by Gasteiger charge is -2.35. The third-order valence-corrected chi connectivity index (χ3v) is 4.09. The normalized spacial score (nSPS) is 20.3. The summed E-state index contributed by atoms with van der Waals surface area (Å²) < 4.78 is 11.4. The number of hydrogen-bond donors (Lipinski definition) is 2. The minimum atomic E-state index is 0.120. The van der Waals surface area contributed by atoms with Crippen LogP contribution < -0.4 is 11.3 Å². The third-order valence-electron chi connectivity index (χ3n) is 4.09. The quantitative estimate of drug-likeness (QED) is 0.588. The van der Waals surface area contributed by atoms with Crippen molar-refractivity contribution >= 4 is 0 Å². The maximum Gasteiger partial charge on any atom is 0.105 e. The van der Waals surface area contributed by atoms with Crippen molar-refractivity contribution in [2.75, 3.05) is 6.61 Å². The molecule has 2 unspecified atom stereocenters. The molecular weight excluding hydrogens is 240 g/mol. The molecule has 2 atom stereocenters. The van der Waals surface area contributed by atoms with Crippen LogP contribution >= 0.6 is 0 Å². The maximum atomic E-state index is 6.00. The molecule has 19 heavy (non-hydrogen) atoms. The number of nitrogens with one attached hydrogen (secondary N) is 1. The molecule has 0 bridgehead atoms. The van der Waals surface area contributed by atoms with E-state index in [0.717, 1.165) is 18.8 Å². The fraction of sp³-hybridized carbons (Fsp3) is 0.733. The van der Waals surface area contributed by atoms with Crippen molar-refractivity contribution in [3.05, 3.63) is 24.2 Å². The number of hydrazine groups is 1. The first-order chi connectivity index (χ1) is 9.35. The first-order valence-corrected chi connectivity index (χ1v) is 7.45. The molecule has 1 aliphatic carbocycles. The first kappa shape index (κ1) is 14.6. The molecule has 3 N–H and O–H groups in total. The van der Waals surface area contributed by atoms with Crippen LogP contribution in [0, 0.1) is 5.92 Å². The van der Waals surface area contributed by atoms with Crippen LogP contribution in [0.2, 0.25) is 0 Å². The Balaban J connectivity index is 2.01. The van der Waals surface area contributed by atoms with Gasteiger partial charge in [-0.15, -0.1) is 0 Å². The minimum absolute atomic E-state index is 0.120. The largest absolute Gasteiger partial charge is 0.469 e. The zero-order valence-corrected chi connectivity index (χ0v) is 11.8. The molecule has 0 spiro atoms. The van der Waals surface area contributed by atoms with E-state index >= 15 is 0 Å². The Morgan fingerprint density at radius 2 is 2.21 bits per heavy atom. The second kappa shape index (κ2) is 7.68. The summed E-state index contributed by atoms with van der Waals surface area (Å²) in [5, 5.41) is 0. The summed E-state index contributed by atoms with van der Waals surface area (Å²) in [5.74, 6) is 7.33. The van der Waals surface area contributed by atoms with Gasteiger partial charge < -0.3 is 9.15 Å². The fourth-order valence-electron chi connectivity index (χ4n) is 3.15. The lowest BCUT2D eigenvalue weighted by molar-refractivity contribution is -0.0184. The van der Waals surface area contributed by atoms with Gasteiger partial charge in [-0.2, -0.15) is 0 Å². The van der Waals surface area contributed by atoms with E-state index in [2.05, 4.69) is 12.3 Å². The van der Waals surface area contributed by atoms with Gasteiger partial charge in [-0.05, 0) is 37.8 Å². The van der Waals surface area contributed by atoms with E-state index in [1.807, 2.05) is 12.1 Å². The monoisotopic (exact) mass is 266 g/mol. The predicted molar refractivity (Wildman–Crippen MR) is 75.5 cm³/mol. The van der Waals surface area contributed by atoms with Gasteiger partial charge in [-0.1, -0.05) is 19.3 Å². The predicted octanol–water partition coefficient (Wildman–Crippen LogP) is 2.64. The number of ether oxygens (including phenoxy) is 1. The summed E-state index contributed by atoms with van der Waals surface area (Å²) >= 11 is 0. The van der Waals surface area contributed by atoms with Crippen LogP contribution in [-0.4, -0.2) is 18.8 Å². The van der Waals surface area contributed by atoms with Crippen molar-refractivity contribution in [2.45, 2.75) is 57.6 Å². The second-order valence-electron chi connectivity index (χ2n) is 5.37. The van der Waals surface area contributed by atoms with Crippen molar-refractivity contribution < 1.29 is 9.15 Å². The van der Waals surface area contributed by atoms with E-state index < -0.39 is 0 Å². The van der Waals surface area contributed by atoms with Crippen LogP contribution in [0.5, 0.6) is 0 Å². The summed E-state index contributed by atoms with van der Waals surface area (Å²) in [6.45, 7) is 2.79. The van der Waals surface area contributed by atoms with Crippen molar-refractivity contribution in [3.63, 3.8) is 0 Å². The summed E-state index contributed by atoms with van der Waals surface area (Å²) in [7, 11) is 0. The van der Waals surface area contributed by atoms with E-state index in [0.29, 0.717) is 5.92 Å². The van der Waals surface area contributed by atoms with E-state index in [1.165, 1.54) is 32.1 Å². The van der Waals surface area contributed by atoms with E-state index in [1.54, 1.807) is 6.26 Å². The Bertz CT molecular complexity index is 334. The molecule has 0 aliphatic heterocycles.